The van der Waals surface area contributed by atoms with Gasteiger partial charge in [0.15, 0.2) is 6.10 Å². The molecule has 5 nitrogen and oxygen atoms in total. The predicted octanol–water partition coefficient (Wildman–Crippen LogP) is 1.86. The topological polar surface area (TPSA) is 71.7 Å². The number of rotatable bonds is 6. The highest BCUT2D eigenvalue weighted by Crippen LogP contribution is 2.19. The van der Waals surface area contributed by atoms with E-state index in [1.165, 1.54) is 0 Å². The standard InChI is InChI=1S/C15H17NO4/c1-11(15(18)16-9-13-6-4-8-19-13)20-14-7-3-2-5-12(14)10-17/h2-8,11,17H,9-10H2,1H3,(H,16,18). The lowest BCUT2D eigenvalue weighted by molar-refractivity contribution is -0.127. The summed E-state index contributed by atoms with van der Waals surface area (Å²) >= 11 is 0. The first-order valence-electron chi connectivity index (χ1n) is 6.36. The highest BCUT2D eigenvalue weighted by molar-refractivity contribution is 5.80. The van der Waals surface area contributed by atoms with Crippen molar-refractivity contribution in [2.75, 3.05) is 0 Å². The van der Waals surface area contributed by atoms with Gasteiger partial charge in [0.05, 0.1) is 19.4 Å². The Morgan fingerprint density at radius 3 is 2.85 bits per heavy atom. The van der Waals surface area contributed by atoms with Crippen LogP contribution in [0.3, 0.4) is 0 Å². The average molecular weight is 275 g/mol. The monoisotopic (exact) mass is 275 g/mol. The van der Waals surface area contributed by atoms with Crippen molar-refractivity contribution < 1.29 is 19.1 Å². The molecule has 20 heavy (non-hydrogen) atoms. The molecular formula is C15H17NO4. The van der Waals surface area contributed by atoms with Crippen molar-refractivity contribution in [2.24, 2.45) is 0 Å². The first-order valence-corrected chi connectivity index (χ1v) is 6.36. The number of benzene rings is 1. The van der Waals surface area contributed by atoms with Crippen LogP contribution in [-0.4, -0.2) is 17.1 Å². The highest BCUT2D eigenvalue weighted by Gasteiger charge is 2.16. The average Bonchev–Trinajstić information content (AvgIpc) is 2.98. The molecule has 5 heteroatoms. The van der Waals surface area contributed by atoms with Gasteiger partial charge in [-0.25, -0.2) is 0 Å². The van der Waals surface area contributed by atoms with Crippen molar-refractivity contribution in [1.29, 1.82) is 0 Å². The quantitative estimate of drug-likeness (QED) is 0.844. The zero-order valence-corrected chi connectivity index (χ0v) is 11.2. The third-order valence-corrected chi connectivity index (χ3v) is 2.83. The summed E-state index contributed by atoms with van der Waals surface area (Å²) in [5, 5.41) is 11.9. The number of aliphatic hydroxyl groups is 1. The van der Waals surface area contributed by atoms with E-state index in [0.717, 1.165) is 0 Å². The van der Waals surface area contributed by atoms with E-state index in [1.807, 2.05) is 0 Å². The van der Waals surface area contributed by atoms with Crippen molar-refractivity contribution in [2.45, 2.75) is 26.2 Å². The van der Waals surface area contributed by atoms with Gasteiger partial charge in [-0.1, -0.05) is 18.2 Å². The van der Waals surface area contributed by atoms with Crippen LogP contribution in [0.5, 0.6) is 5.75 Å². The third-order valence-electron chi connectivity index (χ3n) is 2.83. The number of para-hydroxylation sites is 1. The Bertz CT molecular complexity index is 551. The van der Waals surface area contributed by atoms with E-state index in [1.54, 1.807) is 49.6 Å². The molecule has 0 saturated heterocycles. The van der Waals surface area contributed by atoms with Crippen molar-refractivity contribution in [3.8, 4) is 5.75 Å². The third kappa shape index (κ3) is 3.61. The van der Waals surface area contributed by atoms with Crippen LogP contribution >= 0.6 is 0 Å². The normalized spacial score (nSPS) is 11.9. The van der Waals surface area contributed by atoms with Crippen molar-refractivity contribution in [3.05, 3.63) is 54.0 Å². The molecule has 0 saturated carbocycles. The zero-order valence-electron chi connectivity index (χ0n) is 11.2. The van der Waals surface area contributed by atoms with Crippen molar-refractivity contribution in [1.82, 2.24) is 5.32 Å². The Morgan fingerprint density at radius 2 is 2.15 bits per heavy atom. The summed E-state index contributed by atoms with van der Waals surface area (Å²) < 4.78 is 10.7. The Balaban J connectivity index is 1.90. The molecule has 2 N–H and O–H groups in total. The lowest BCUT2D eigenvalue weighted by Crippen LogP contribution is -2.36. The molecular weight excluding hydrogens is 258 g/mol. The summed E-state index contributed by atoms with van der Waals surface area (Å²) in [6, 6.07) is 10.6. The minimum atomic E-state index is -0.655. The molecule has 0 bridgehead atoms. The molecule has 1 atom stereocenters. The van der Waals surface area contributed by atoms with E-state index in [0.29, 0.717) is 23.6 Å². The lowest BCUT2D eigenvalue weighted by atomic mass is 10.2. The molecule has 1 unspecified atom stereocenters. The number of amides is 1. The minimum absolute atomic E-state index is 0.128. The van der Waals surface area contributed by atoms with Gasteiger partial charge in [-0.2, -0.15) is 0 Å². The van der Waals surface area contributed by atoms with Crippen LogP contribution in [0.4, 0.5) is 0 Å². The maximum absolute atomic E-state index is 11.9. The summed E-state index contributed by atoms with van der Waals surface area (Å²) in [5.41, 5.74) is 0.651. The van der Waals surface area contributed by atoms with Gasteiger partial charge in [0.25, 0.3) is 5.91 Å². The maximum Gasteiger partial charge on any atom is 0.261 e. The van der Waals surface area contributed by atoms with Crippen molar-refractivity contribution >= 4 is 5.91 Å². The van der Waals surface area contributed by atoms with E-state index >= 15 is 0 Å². The van der Waals surface area contributed by atoms with Crippen LogP contribution in [0.1, 0.15) is 18.2 Å². The van der Waals surface area contributed by atoms with Crippen LogP contribution in [0.2, 0.25) is 0 Å². The van der Waals surface area contributed by atoms with Gasteiger partial charge in [-0.15, -0.1) is 0 Å². The summed E-state index contributed by atoms with van der Waals surface area (Å²) in [5.74, 6) is 0.950. The Kier molecular flexibility index (Phi) is 4.79. The van der Waals surface area contributed by atoms with Crippen LogP contribution in [-0.2, 0) is 17.9 Å². The van der Waals surface area contributed by atoms with Gasteiger partial charge in [-0.05, 0) is 25.1 Å². The molecule has 0 aliphatic carbocycles. The predicted molar refractivity (Wildman–Crippen MR) is 73.0 cm³/mol. The fourth-order valence-corrected chi connectivity index (χ4v) is 1.72. The van der Waals surface area contributed by atoms with Crippen molar-refractivity contribution in [3.63, 3.8) is 0 Å². The summed E-state index contributed by atoms with van der Waals surface area (Å²) in [6.45, 7) is 1.85. The first kappa shape index (κ1) is 14.1. The number of nitrogens with one attached hydrogen (secondary N) is 1. The molecule has 0 aliphatic rings. The van der Waals surface area contributed by atoms with E-state index in [9.17, 15) is 9.90 Å². The van der Waals surface area contributed by atoms with E-state index in [2.05, 4.69) is 5.32 Å². The van der Waals surface area contributed by atoms with Crippen LogP contribution in [0.15, 0.2) is 47.1 Å². The maximum atomic E-state index is 11.9. The molecule has 1 amide bonds. The number of hydrogen-bond acceptors (Lipinski definition) is 4. The second-order valence-corrected chi connectivity index (χ2v) is 4.32. The second kappa shape index (κ2) is 6.77. The van der Waals surface area contributed by atoms with Crippen LogP contribution < -0.4 is 10.1 Å². The Labute approximate surface area is 117 Å². The van der Waals surface area contributed by atoms with Crippen LogP contribution in [0.25, 0.3) is 0 Å². The molecule has 0 radical (unpaired) electrons. The van der Waals surface area contributed by atoms with Gasteiger partial charge in [-0.3, -0.25) is 4.79 Å². The molecule has 1 aromatic heterocycles. The summed E-state index contributed by atoms with van der Waals surface area (Å²) in [7, 11) is 0. The lowest BCUT2D eigenvalue weighted by Gasteiger charge is -2.16. The van der Waals surface area contributed by atoms with Crippen LogP contribution in [0, 0.1) is 0 Å². The SMILES string of the molecule is CC(Oc1ccccc1CO)C(=O)NCc1ccco1. The number of hydrogen-bond donors (Lipinski definition) is 2. The number of carbonyl (C=O) groups is 1. The molecule has 1 heterocycles. The smallest absolute Gasteiger partial charge is 0.261 e. The van der Waals surface area contributed by atoms with Gasteiger partial charge in [0, 0.05) is 5.56 Å². The molecule has 0 fully saturated rings. The number of carbonyl (C=O) groups excluding carboxylic acids is 1. The van der Waals surface area contributed by atoms with E-state index in [4.69, 9.17) is 9.15 Å². The van der Waals surface area contributed by atoms with Gasteiger partial charge >= 0.3 is 0 Å². The highest BCUT2D eigenvalue weighted by atomic mass is 16.5. The molecule has 106 valence electrons. The molecule has 2 aromatic rings. The number of ether oxygens (including phenoxy) is 1. The van der Waals surface area contributed by atoms with Gasteiger partial charge in [0.2, 0.25) is 0 Å². The summed E-state index contributed by atoms with van der Waals surface area (Å²) in [6.07, 6.45) is 0.900. The largest absolute Gasteiger partial charge is 0.481 e. The minimum Gasteiger partial charge on any atom is -0.481 e. The first-order chi connectivity index (χ1) is 9.70. The molecule has 1 aromatic carbocycles. The molecule has 2 rings (SSSR count). The Morgan fingerprint density at radius 1 is 1.35 bits per heavy atom. The summed E-state index contributed by atoms with van der Waals surface area (Å²) in [4.78, 5) is 11.9. The van der Waals surface area contributed by atoms with Gasteiger partial charge in [0.1, 0.15) is 11.5 Å². The van der Waals surface area contributed by atoms with E-state index < -0.39 is 6.10 Å². The molecule has 0 aliphatic heterocycles. The van der Waals surface area contributed by atoms with Gasteiger partial charge < -0.3 is 19.6 Å². The fourth-order valence-electron chi connectivity index (χ4n) is 1.72. The number of furan rings is 1. The van der Waals surface area contributed by atoms with E-state index in [-0.39, 0.29) is 12.5 Å². The number of aliphatic hydroxyl groups excluding tert-OH is 1. The molecule has 0 spiro atoms. The second-order valence-electron chi connectivity index (χ2n) is 4.32. The fraction of sp³-hybridized carbons (Fsp3) is 0.267. The zero-order chi connectivity index (χ0) is 14.4. The Hall–Kier alpha value is -2.27.